The predicted molar refractivity (Wildman–Crippen MR) is 84.1 cm³/mol. The van der Waals surface area contributed by atoms with Crippen LogP contribution in [0.25, 0.3) is 0 Å². The molecule has 114 valence electrons. The van der Waals surface area contributed by atoms with Gasteiger partial charge >= 0.3 is 0 Å². The molecule has 2 aliphatic carbocycles. The van der Waals surface area contributed by atoms with Crippen molar-refractivity contribution in [1.82, 2.24) is 4.98 Å². The highest BCUT2D eigenvalue weighted by Crippen LogP contribution is 2.34. The summed E-state index contributed by atoms with van der Waals surface area (Å²) in [6.07, 6.45) is 6.91. The van der Waals surface area contributed by atoms with E-state index in [1.165, 1.54) is 36.9 Å². The van der Waals surface area contributed by atoms with Crippen molar-refractivity contribution in [3.63, 3.8) is 0 Å². The summed E-state index contributed by atoms with van der Waals surface area (Å²) in [6, 6.07) is 2.63. The quantitative estimate of drug-likeness (QED) is 0.619. The molecule has 3 rings (SSSR count). The molecule has 1 saturated carbocycles. The van der Waals surface area contributed by atoms with Gasteiger partial charge in [-0.2, -0.15) is 0 Å². The number of ether oxygens (including phenoxy) is 1. The number of aryl methyl sites for hydroxylation is 2. The Bertz CT molecular complexity index is 539. The highest BCUT2D eigenvalue weighted by Gasteiger charge is 2.32. The van der Waals surface area contributed by atoms with Gasteiger partial charge in [-0.3, -0.25) is 5.41 Å². The van der Waals surface area contributed by atoms with Gasteiger partial charge in [-0.15, -0.1) is 0 Å². The molecule has 0 aliphatic heterocycles. The second-order valence-corrected chi connectivity index (χ2v) is 6.00. The third kappa shape index (κ3) is 3.02. The molecule has 0 spiro atoms. The first-order chi connectivity index (χ1) is 10.2. The Labute approximate surface area is 126 Å². The maximum absolute atomic E-state index is 7.91. The monoisotopic (exact) mass is 288 g/mol. The normalized spacial score (nSPS) is 17.4. The van der Waals surface area contributed by atoms with Crippen LogP contribution in [0.15, 0.2) is 6.07 Å². The van der Waals surface area contributed by atoms with Gasteiger partial charge in [-0.05, 0) is 50.2 Å². The van der Waals surface area contributed by atoms with Crippen LogP contribution in [0.1, 0.15) is 42.5 Å². The van der Waals surface area contributed by atoms with Crippen molar-refractivity contribution in [1.29, 1.82) is 5.41 Å². The topological polar surface area (TPSA) is 75.2 Å². The third-order valence-corrected chi connectivity index (χ3v) is 4.37. The molecule has 21 heavy (non-hydrogen) atoms. The summed E-state index contributed by atoms with van der Waals surface area (Å²) in [7, 11) is 1.72. The number of rotatable bonds is 6. The molecule has 0 bridgehead atoms. The van der Waals surface area contributed by atoms with Crippen molar-refractivity contribution in [3.8, 4) is 0 Å². The van der Waals surface area contributed by atoms with Crippen molar-refractivity contribution in [3.05, 3.63) is 22.9 Å². The molecule has 0 saturated heterocycles. The average molecular weight is 288 g/mol. The number of pyridine rings is 1. The summed E-state index contributed by atoms with van der Waals surface area (Å²) in [5, 5.41) is 7.91. The predicted octanol–water partition coefficient (Wildman–Crippen LogP) is 1.86. The summed E-state index contributed by atoms with van der Waals surface area (Å²) in [6.45, 7) is 1.49. The van der Waals surface area contributed by atoms with E-state index in [-0.39, 0.29) is 5.84 Å². The smallest absolute Gasteiger partial charge is 0.140 e. The maximum atomic E-state index is 7.91. The van der Waals surface area contributed by atoms with Crippen molar-refractivity contribution >= 4 is 11.7 Å². The average Bonchev–Trinajstić information content (AvgIpc) is 3.31. The highest BCUT2D eigenvalue weighted by atomic mass is 16.5. The molecule has 1 fully saturated rings. The summed E-state index contributed by atoms with van der Waals surface area (Å²) in [5.41, 5.74) is 9.08. The molecule has 1 aromatic heterocycles. The zero-order valence-electron chi connectivity index (χ0n) is 12.7. The van der Waals surface area contributed by atoms with Gasteiger partial charge < -0.3 is 15.4 Å². The minimum atomic E-state index is 0.119. The summed E-state index contributed by atoms with van der Waals surface area (Å²) < 4.78 is 5.23. The van der Waals surface area contributed by atoms with Crippen LogP contribution in [-0.2, 0) is 17.6 Å². The van der Waals surface area contributed by atoms with Crippen LogP contribution in [0, 0.1) is 5.41 Å². The zero-order chi connectivity index (χ0) is 14.8. The molecule has 5 nitrogen and oxygen atoms in total. The SMILES string of the molecule is COCCN(c1nc2c(cc1C(=N)N)CCCC2)C1CC1. The first-order valence-corrected chi connectivity index (χ1v) is 7.83. The fourth-order valence-corrected chi connectivity index (χ4v) is 3.08. The van der Waals surface area contributed by atoms with Crippen LogP contribution in [0.3, 0.4) is 0 Å². The van der Waals surface area contributed by atoms with Crippen LogP contribution in [0.2, 0.25) is 0 Å². The van der Waals surface area contributed by atoms with Crippen LogP contribution in [0.4, 0.5) is 5.82 Å². The third-order valence-electron chi connectivity index (χ3n) is 4.37. The molecule has 0 unspecified atom stereocenters. The van der Waals surface area contributed by atoms with Gasteiger partial charge in [0, 0.05) is 25.4 Å². The Morgan fingerprint density at radius 2 is 2.19 bits per heavy atom. The molecule has 3 N–H and O–H groups in total. The number of fused-ring (bicyclic) bond motifs is 1. The number of nitrogen functional groups attached to an aromatic ring is 1. The molecule has 1 aromatic rings. The Hall–Kier alpha value is -1.62. The van der Waals surface area contributed by atoms with Gasteiger partial charge in [-0.25, -0.2) is 4.98 Å². The van der Waals surface area contributed by atoms with E-state index in [2.05, 4.69) is 11.0 Å². The maximum Gasteiger partial charge on any atom is 0.140 e. The summed E-state index contributed by atoms with van der Waals surface area (Å²) >= 11 is 0. The van der Waals surface area contributed by atoms with Gasteiger partial charge in [0.05, 0.1) is 12.2 Å². The van der Waals surface area contributed by atoms with Crippen molar-refractivity contribution in [2.45, 2.75) is 44.6 Å². The fraction of sp³-hybridized carbons (Fsp3) is 0.625. The number of nitrogens with two attached hydrogens (primary N) is 1. The lowest BCUT2D eigenvalue weighted by molar-refractivity contribution is 0.204. The van der Waals surface area contributed by atoms with E-state index in [0.29, 0.717) is 12.6 Å². The van der Waals surface area contributed by atoms with Gasteiger partial charge in [-0.1, -0.05) is 0 Å². The first kappa shape index (κ1) is 14.3. The lowest BCUT2D eigenvalue weighted by atomic mass is 9.94. The highest BCUT2D eigenvalue weighted by molar-refractivity contribution is 6.00. The number of nitrogens with one attached hydrogen (secondary N) is 1. The minimum absolute atomic E-state index is 0.119. The van der Waals surface area contributed by atoms with Gasteiger partial charge in [0.2, 0.25) is 0 Å². The molecular weight excluding hydrogens is 264 g/mol. The lowest BCUT2D eigenvalue weighted by Gasteiger charge is -2.27. The van der Waals surface area contributed by atoms with Crippen LogP contribution in [0.5, 0.6) is 0 Å². The standard InChI is InChI=1S/C16H24N4O/c1-21-9-8-20(12-6-7-12)16-13(15(17)18)10-11-4-2-3-5-14(11)19-16/h10,12H,2-9H2,1H3,(H3,17,18). The van der Waals surface area contributed by atoms with E-state index < -0.39 is 0 Å². The lowest BCUT2D eigenvalue weighted by Crippen LogP contribution is -2.33. The molecule has 1 heterocycles. The number of anilines is 1. The van der Waals surface area contributed by atoms with Gasteiger partial charge in [0.25, 0.3) is 0 Å². The molecule has 0 atom stereocenters. The van der Waals surface area contributed by atoms with Gasteiger partial charge in [0.15, 0.2) is 0 Å². The number of hydrogen-bond acceptors (Lipinski definition) is 4. The van der Waals surface area contributed by atoms with E-state index in [1.807, 2.05) is 0 Å². The first-order valence-electron chi connectivity index (χ1n) is 7.83. The van der Waals surface area contributed by atoms with Crippen LogP contribution in [-0.4, -0.2) is 37.1 Å². The van der Waals surface area contributed by atoms with Crippen molar-refractivity contribution in [2.24, 2.45) is 5.73 Å². The fourth-order valence-electron chi connectivity index (χ4n) is 3.08. The number of nitrogens with zero attached hydrogens (tertiary/aromatic N) is 2. The van der Waals surface area contributed by atoms with E-state index in [9.17, 15) is 0 Å². The van der Waals surface area contributed by atoms with E-state index >= 15 is 0 Å². The molecule has 5 heteroatoms. The number of methoxy groups -OCH3 is 1. The van der Waals surface area contributed by atoms with Crippen LogP contribution >= 0.6 is 0 Å². The number of hydrogen-bond donors (Lipinski definition) is 2. The molecule has 0 radical (unpaired) electrons. The molecule has 2 aliphatic rings. The number of aromatic nitrogens is 1. The molecular formula is C16H24N4O. The Kier molecular flexibility index (Phi) is 4.10. The Morgan fingerprint density at radius 1 is 1.43 bits per heavy atom. The summed E-state index contributed by atoms with van der Waals surface area (Å²) in [4.78, 5) is 7.19. The second-order valence-electron chi connectivity index (χ2n) is 6.00. The molecule has 0 amide bonds. The Morgan fingerprint density at radius 3 is 2.86 bits per heavy atom. The van der Waals surface area contributed by atoms with Gasteiger partial charge in [0.1, 0.15) is 11.7 Å². The minimum Gasteiger partial charge on any atom is -0.384 e. The second kappa shape index (κ2) is 6.02. The molecule has 0 aromatic carbocycles. The Balaban J connectivity index is 1.99. The zero-order valence-corrected chi connectivity index (χ0v) is 12.7. The number of amidine groups is 1. The van der Waals surface area contributed by atoms with Crippen molar-refractivity contribution < 1.29 is 4.74 Å². The van der Waals surface area contributed by atoms with Crippen LogP contribution < -0.4 is 10.6 Å². The van der Waals surface area contributed by atoms with E-state index in [1.54, 1.807) is 7.11 Å². The largest absolute Gasteiger partial charge is 0.384 e. The summed E-state index contributed by atoms with van der Waals surface area (Å²) in [5.74, 6) is 1.01. The van der Waals surface area contributed by atoms with Crippen molar-refractivity contribution in [2.75, 3.05) is 25.2 Å². The van der Waals surface area contributed by atoms with E-state index in [0.717, 1.165) is 30.8 Å². The van der Waals surface area contributed by atoms with E-state index in [4.69, 9.17) is 20.9 Å².